The highest BCUT2D eigenvalue weighted by atomic mass is 16.5. The number of amides is 2. The van der Waals surface area contributed by atoms with E-state index in [-0.39, 0.29) is 11.8 Å². The highest BCUT2D eigenvalue weighted by Crippen LogP contribution is 2.42. The summed E-state index contributed by atoms with van der Waals surface area (Å²) in [6, 6.07) is 16.6. The molecule has 0 aliphatic carbocycles. The summed E-state index contributed by atoms with van der Waals surface area (Å²) in [5, 5.41) is 9.11. The predicted octanol–water partition coefficient (Wildman–Crippen LogP) is 3.84. The second-order valence-electron chi connectivity index (χ2n) is 8.50. The number of carbonyl (C=O) groups excluding carboxylic acids is 2. The summed E-state index contributed by atoms with van der Waals surface area (Å²) in [6.45, 7) is 2.08. The number of benzene rings is 3. The third-order valence-corrected chi connectivity index (χ3v) is 5.94. The molecule has 4 rings (SSSR count). The molecule has 3 N–H and O–H groups in total. The number of methoxy groups -OCH3 is 2. The van der Waals surface area contributed by atoms with E-state index in [9.17, 15) is 9.59 Å². The lowest BCUT2D eigenvalue weighted by atomic mass is 9.94. The predicted molar refractivity (Wildman–Crippen MR) is 138 cm³/mol. The van der Waals surface area contributed by atoms with Crippen molar-refractivity contribution in [3.8, 4) is 22.6 Å². The van der Waals surface area contributed by atoms with E-state index in [4.69, 9.17) is 9.47 Å². The van der Waals surface area contributed by atoms with Crippen LogP contribution in [0.1, 0.15) is 26.3 Å². The molecule has 8 nitrogen and oxygen atoms in total. The van der Waals surface area contributed by atoms with E-state index in [1.807, 2.05) is 50.5 Å². The number of nitrogens with zero attached hydrogens (tertiary/aromatic N) is 1. The number of ether oxygens (including phenoxy) is 2. The third-order valence-electron chi connectivity index (χ3n) is 5.94. The van der Waals surface area contributed by atoms with Crippen molar-refractivity contribution in [3.05, 3.63) is 71.3 Å². The second kappa shape index (κ2) is 10.5. The molecule has 0 saturated carbocycles. The lowest BCUT2D eigenvalue weighted by Gasteiger charge is -2.16. The van der Waals surface area contributed by atoms with Gasteiger partial charge in [0.2, 0.25) is 0 Å². The molecule has 0 spiro atoms. The van der Waals surface area contributed by atoms with E-state index >= 15 is 0 Å². The van der Waals surface area contributed by atoms with Crippen molar-refractivity contribution in [1.82, 2.24) is 10.2 Å². The third kappa shape index (κ3) is 5.07. The van der Waals surface area contributed by atoms with Crippen LogP contribution >= 0.6 is 0 Å². The molecule has 0 unspecified atom stereocenters. The van der Waals surface area contributed by atoms with E-state index in [0.717, 1.165) is 35.5 Å². The second-order valence-corrected chi connectivity index (χ2v) is 8.50. The summed E-state index contributed by atoms with van der Waals surface area (Å²) in [5.41, 5.74) is 4.85. The van der Waals surface area contributed by atoms with Gasteiger partial charge in [-0.25, -0.2) is 0 Å². The molecular formula is C27H30N4O4. The minimum absolute atomic E-state index is 0.223. The maximum Gasteiger partial charge on any atom is 0.255 e. The van der Waals surface area contributed by atoms with Gasteiger partial charge in [0.05, 0.1) is 25.5 Å². The van der Waals surface area contributed by atoms with E-state index in [0.29, 0.717) is 34.9 Å². The van der Waals surface area contributed by atoms with Gasteiger partial charge in [0.15, 0.2) is 11.5 Å². The Morgan fingerprint density at radius 2 is 1.77 bits per heavy atom. The first-order chi connectivity index (χ1) is 16.9. The maximum atomic E-state index is 13.0. The van der Waals surface area contributed by atoms with Crippen LogP contribution in [0.5, 0.6) is 11.5 Å². The van der Waals surface area contributed by atoms with E-state index in [1.54, 1.807) is 32.4 Å². The van der Waals surface area contributed by atoms with E-state index in [1.165, 1.54) is 0 Å². The molecule has 1 aliphatic rings. The van der Waals surface area contributed by atoms with Gasteiger partial charge in [-0.3, -0.25) is 9.59 Å². The average molecular weight is 475 g/mol. The molecule has 2 amide bonds. The van der Waals surface area contributed by atoms with Crippen molar-refractivity contribution in [2.75, 3.05) is 52.0 Å². The molecule has 0 bridgehead atoms. The summed E-state index contributed by atoms with van der Waals surface area (Å²) in [7, 11) is 7.21. The normalized spacial score (nSPS) is 12.2. The van der Waals surface area contributed by atoms with Crippen molar-refractivity contribution in [3.63, 3.8) is 0 Å². The average Bonchev–Trinajstić information content (AvgIpc) is 3.25. The van der Waals surface area contributed by atoms with Gasteiger partial charge >= 0.3 is 0 Å². The molecule has 0 atom stereocenters. The Kier molecular flexibility index (Phi) is 7.22. The van der Waals surface area contributed by atoms with Crippen molar-refractivity contribution in [2.24, 2.45) is 0 Å². The molecule has 0 fully saturated rings. The number of rotatable bonds is 9. The van der Waals surface area contributed by atoms with Crippen molar-refractivity contribution in [1.29, 1.82) is 0 Å². The SMILES string of the molecule is COc1cccc(-c2ccc(NC(=O)c3ccc(NCCN(C)C)cc3)c3c2CNC3=O)c1OC. The largest absolute Gasteiger partial charge is 0.493 e. The Morgan fingerprint density at radius 1 is 1.00 bits per heavy atom. The number of likely N-dealkylation sites (N-methyl/N-ethyl adjacent to an activating group) is 1. The molecule has 182 valence electrons. The monoisotopic (exact) mass is 474 g/mol. The number of hydrogen-bond acceptors (Lipinski definition) is 6. The highest BCUT2D eigenvalue weighted by Gasteiger charge is 2.28. The lowest BCUT2D eigenvalue weighted by molar-refractivity contribution is 0.0966. The fourth-order valence-corrected chi connectivity index (χ4v) is 4.16. The van der Waals surface area contributed by atoms with E-state index < -0.39 is 0 Å². The maximum absolute atomic E-state index is 13.0. The van der Waals surface area contributed by atoms with Crippen LogP contribution in [0.3, 0.4) is 0 Å². The van der Waals surface area contributed by atoms with Crippen LogP contribution in [0.25, 0.3) is 11.1 Å². The first kappa shape index (κ1) is 24.1. The molecular weight excluding hydrogens is 444 g/mol. The molecule has 1 heterocycles. The first-order valence-electron chi connectivity index (χ1n) is 11.4. The summed E-state index contributed by atoms with van der Waals surface area (Å²) < 4.78 is 11.0. The molecule has 1 aliphatic heterocycles. The van der Waals surface area contributed by atoms with Crippen LogP contribution in [-0.2, 0) is 6.54 Å². The number of nitrogens with one attached hydrogen (secondary N) is 3. The molecule has 0 aromatic heterocycles. The van der Waals surface area contributed by atoms with Crippen LogP contribution in [0.2, 0.25) is 0 Å². The zero-order valence-corrected chi connectivity index (χ0v) is 20.4. The molecule has 0 saturated heterocycles. The van der Waals surface area contributed by atoms with Gasteiger partial charge in [0, 0.05) is 36.4 Å². The number of hydrogen-bond donors (Lipinski definition) is 3. The number of fused-ring (bicyclic) bond motifs is 1. The fourth-order valence-electron chi connectivity index (χ4n) is 4.16. The Balaban J connectivity index is 1.59. The van der Waals surface area contributed by atoms with Crippen LogP contribution in [0.15, 0.2) is 54.6 Å². The molecule has 3 aromatic carbocycles. The summed E-state index contributed by atoms with van der Waals surface area (Å²) in [5.74, 6) is 0.693. The molecule has 3 aromatic rings. The van der Waals surface area contributed by atoms with Gasteiger partial charge < -0.3 is 30.3 Å². The van der Waals surface area contributed by atoms with E-state index in [2.05, 4.69) is 20.9 Å². The van der Waals surface area contributed by atoms with Crippen molar-refractivity contribution >= 4 is 23.2 Å². The fraction of sp³-hybridized carbons (Fsp3) is 0.259. The zero-order chi connectivity index (χ0) is 24.9. The van der Waals surface area contributed by atoms with Gasteiger partial charge in [-0.2, -0.15) is 0 Å². The first-order valence-corrected chi connectivity index (χ1v) is 11.4. The number of para-hydroxylation sites is 1. The molecule has 35 heavy (non-hydrogen) atoms. The van der Waals surface area contributed by atoms with Crippen molar-refractivity contribution in [2.45, 2.75) is 6.54 Å². The summed E-state index contributed by atoms with van der Waals surface area (Å²) >= 11 is 0. The van der Waals surface area contributed by atoms with Gasteiger partial charge in [-0.1, -0.05) is 18.2 Å². The smallest absolute Gasteiger partial charge is 0.255 e. The topological polar surface area (TPSA) is 91.9 Å². The Hall–Kier alpha value is -4.04. The number of carbonyl (C=O) groups is 2. The van der Waals surface area contributed by atoms with Gasteiger partial charge in [-0.05, 0) is 61.6 Å². The van der Waals surface area contributed by atoms with Gasteiger partial charge in [0.1, 0.15) is 0 Å². The zero-order valence-electron chi connectivity index (χ0n) is 20.4. The number of anilines is 2. The minimum atomic E-state index is -0.279. The summed E-state index contributed by atoms with van der Waals surface area (Å²) in [4.78, 5) is 27.8. The summed E-state index contributed by atoms with van der Waals surface area (Å²) in [6.07, 6.45) is 0. The quantitative estimate of drug-likeness (QED) is 0.437. The van der Waals surface area contributed by atoms with Crippen LogP contribution in [-0.4, -0.2) is 58.1 Å². The minimum Gasteiger partial charge on any atom is -0.493 e. The Bertz CT molecular complexity index is 1240. The van der Waals surface area contributed by atoms with Crippen LogP contribution < -0.4 is 25.4 Å². The van der Waals surface area contributed by atoms with Gasteiger partial charge in [-0.15, -0.1) is 0 Å². The Morgan fingerprint density at radius 3 is 2.46 bits per heavy atom. The molecule has 0 radical (unpaired) electrons. The van der Waals surface area contributed by atoms with Crippen LogP contribution in [0.4, 0.5) is 11.4 Å². The Labute approximate surface area is 205 Å². The van der Waals surface area contributed by atoms with Crippen molar-refractivity contribution < 1.29 is 19.1 Å². The van der Waals surface area contributed by atoms with Gasteiger partial charge in [0.25, 0.3) is 11.8 Å². The highest BCUT2D eigenvalue weighted by molar-refractivity contribution is 6.11. The van der Waals surface area contributed by atoms with Crippen LogP contribution in [0, 0.1) is 0 Å². The molecule has 8 heteroatoms. The standard InChI is InChI=1S/C27H30N4O4/c1-31(2)15-14-28-18-10-8-17(9-11-18)26(32)30-22-13-12-19(21-16-29-27(33)24(21)22)20-6-5-7-23(34-3)25(20)35-4/h5-13,28H,14-16H2,1-4H3,(H,29,33)(H,30,32). The lowest BCUT2D eigenvalue weighted by Crippen LogP contribution is -2.20.